The maximum atomic E-state index is 11.3. The molecule has 0 saturated heterocycles. The van der Waals surface area contributed by atoms with Gasteiger partial charge in [-0.25, -0.2) is 0 Å². The Morgan fingerprint density at radius 3 is 2.72 bits per heavy atom. The molecule has 2 rings (SSSR count). The van der Waals surface area contributed by atoms with E-state index in [1.165, 1.54) is 0 Å². The van der Waals surface area contributed by atoms with Crippen LogP contribution in [-0.4, -0.2) is 18.2 Å². The molecule has 1 N–H and O–H groups in total. The molecule has 2 atom stereocenters. The first-order chi connectivity index (χ1) is 8.70. The number of aliphatic imine (C=N–C) groups is 1. The van der Waals surface area contributed by atoms with E-state index in [0.717, 1.165) is 36.9 Å². The quantitative estimate of drug-likeness (QED) is 0.809. The summed E-state index contributed by atoms with van der Waals surface area (Å²) in [6, 6.07) is 9.73. The van der Waals surface area contributed by atoms with Gasteiger partial charge in [0.2, 0.25) is 0 Å². The zero-order valence-electron chi connectivity index (χ0n) is 11.0. The zero-order chi connectivity index (χ0) is 13.0. The van der Waals surface area contributed by atoms with Crippen molar-refractivity contribution in [2.75, 3.05) is 0 Å². The highest BCUT2D eigenvalue weighted by molar-refractivity contribution is 5.88. The van der Waals surface area contributed by atoms with Gasteiger partial charge in [0.15, 0.2) is 0 Å². The first kappa shape index (κ1) is 12.8. The lowest BCUT2D eigenvalue weighted by Crippen LogP contribution is -2.45. The average Bonchev–Trinajstić information content (AvgIpc) is 2.75. The molecule has 1 aliphatic rings. The number of nitrogens with one attached hydrogen (secondary N) is 1. The zero-order valence-corrected chi connectivity index (χ0v) is 11.0. The van der Waals surface area contributed by atoms with E-state index in [1.807, 2.05) is 37.3 Å². The van der Waals surface area contributed by atoms with Gasteiger partial charge >= 0.3 is 0 Å². The molecule has 3 heteroatoms. The van der Waals surface area contributed by atoms with E-state index < -0.39 is 5.54 Å². The summed E-state index contributed by atoms with van der Waals surface area (Å²) in [5, 5.41) is 3.44. The molecular weight excluding hydrogens is 224 g/mol. The molecule has 1 aromatic rings. The highest BCUT2D eigenvalue weighted by atomic mass is 16.1. The number of rotatable bonds is 5. The Morgan fingerprint density at radius 2 is 2.11 bits per heavy atom. The smallest absolute Gasteiger partial charge is 0.147 e. The minimum Gasteiger partial charge on any atom is -0.362 e. The van der Waals surface area contributed by atoms with E-state index in [9.17, 15) is 4.79 Å². The molecule has 0 spiro atoms. The molecule has 0 saturated carbocycles. The summed E-state index contributed by atoms with van der Waals surface area (Å²) in [5.41, 5.74) is 0.712. The van der Waals surface area contributed by atoms with Gasteiger partial charge in [0.25, 0.3) is 0 Å². The number of nitrogens with zero attached hydrogens (tertiary/aromatic N) is 1. The molecule has 0 aliphatic carbocycles. The van der Waals surface area contributed by atoms with Crippen molar-refractivity contribution in [1.82, 2.24) is 5.32 Å². The number of hydrogen-bond donors (Lipinski definition) is 1. The number of carbonyl (C=O) groups is 1. The number of aldehydes is 1. The van der Waals surface area contributed by atoms with Gasteiger partial charge in [-0.1, -0.05) is 43.7 Å². The molecule has 0 amide bonds. The van der Waals surface area contributed by atoms with E-state index >= 15 is 0 Å². The van der Waals surface area contributed by atoms with Crippen LogP contribution in [0.1, 0.15) is 38.7 Å². The molecule has 1 aliphatic heterocycles. The van der Waals surface area contributed by atoms with Crippen molar-refractivity contribution in [3.05, 3.63) is 35.9 Å². The molecule has 96 valence electrons. The molecular formula is C15H20N2O. The SMILES string of the molecule is CCCCC1=NC(C=O)C(C)(c2ccccc2)N1. The van der Waals surface area contributed by atoms with E-state index in [1.54, 1.807) is 0 Å². The minimum absolute atomic E-state index is 0.327. The van der Waals surface area contributed by atoms with Crippen molar-refractivity contribution in [3.63, 3.8) is 0 Å². The van der Waals surface area contributed by atoms with Crippen LogP contribution in [0.15, 0.2) is 35.3 Å². The average molecular weight is 244 g/mol. The first-order valence-corrected chi connectivity index (χ1v) is 6.56. The summed E-state index contributed by atoms with van der Waals surface area (Å²) < 4.78 is 0. The Balaban J connectivity index is 2.22. The van der Waals surface area contributed by atoms with Crippen molar-refractivity contribution in [1.29, 1.82) is 0 Å². The molecule has 18 heavy (non-hydrogen) atoms. The molecule has 0 fully saturated rings. The van der Waals surface area contributed by atoms with E-state index in [0.29, 0.717) is 0 Å². The van der Waals surface area contributed by atoms with Crippen molar-refractivity contribution in [3.8, 4) is 0 Å². The van der Waals surface area contributed by atoms with Crippen LogP contribution in [0.4, 0.5) is 0 Å². The van der Waals surface area contributed by atoms with E-state index in [4.69, 9.17) is 0 Å². The third-order valence-corrected chi connectivity index (χ3v) is 3.56. The van der Waals surface area contributed by atoms with E-state index in [-0.39, 0.29) is 6.04 Å². The standard InChI is InChI=1S/C15H20N2O/c1-3-4-10-14-16-13(11-18)15(2,17-14)12-8-6-5-7-9-12/h5-9,11,13H,3-4,10H2,1-2H3,(H,16,17). The predicted octanol–water partition coefficient (Wildman–Crippen LogP) is 2.66. The molecule has 0 bridgehead atoms. The van der Waals surface area contributed by atoms with Crippen molar-refractivity contribution in [2.45, 2.75) is 44.7 Å². The second-order valence-electron chi connectivity index (χ2n) is 4.95. The van der Waals surface area contributed by atoms with Gasteiger partial charge in [-0.05, 0) is 18.9 Å². The fourth-order valence-corrected chi connectivity index (χ4v) is 2.37. The topological polar surface area (TPSA) is 41.5 Å². The van der Waals surface area contributed by atoms with Gasteiger partial charge in [0, 0.05) is 6.42 Å². The van der Waals surface area contributed by atoms with Crippen LogP contribution in [0, 0.1) is 0 Å². The Bertz CT molecular complexity index is 441. The Morgan fingerprint density at radius 1 is 1.39 bits per heavy atom. The second kappa shape index (κ2) is 5.34. The molecule has 0 radical (unpaired) electrons. The number of hydrogen-bond acceptors (Lipinski definition) is 3. The molecule has 1 heterocycles. The van der Waals surface area contributed by atoms with Gasteiger partial charge < -0.3 is 10.1 Å². The third kappa shape index (κ3) is 2.30. The highest BCUT2D eigenvalue weighted by Crippen LogP contribution is 2.30. The maximum absolute atomic E-state index is 11.3. The highest BCUT2D eigenvalue weighted by Gasteiger charge is 2.40. The largest absolute Gasteiger partial charge is 0.362 e. The van der Waals surface area contributed by atoms with Crippen LogP contribution < -0.4 is 5.32 Å². The Hall–Kier alpha value is -1.64. The first-order valence-electron chi connectivity index (χ1n) is 6.56. The van der Waals surface area contributed by atoms with Crippen LogP contribution >= 0.6 is 0 Å². The Labute approximate surface area is 108 Å². The van der Waals surface area contributed by atoms with Crippen LogP contribution in [-0.2, 0) is 10.3 Å². The van der Waals surface area contributed by atoms with Crippen LogP contribution in [0.3, 0.4) is 0 Å². The summed E-state index contributed by atoms with van der Waals surface area (Å²) in [6.45, 7) is 4.20. The van der Waals surface area contributed by atoms with Gasteiger partial charge in [-0.3, -0.25) is 4.99 Å². The molecule has 3 nitrogen and oxygen atoms in total. The van der Waals surface area contributed by atoms with Gasteiger partial charge in [0.05, 0.1) is 11.4 Å². The van der Waals surface area contributed by atoms with Gasteiger partial charge in [-0.15, -0.1) is 0 Å². The summed E-state index contributed by atoms with van der Waals surface area (Å²) in [7, 11) is 0. The number of unbranched alkanes of at least 4 members (excludes halogenated alkanes) is 1. The minimum atomic E-state index is -0.397. The molecule has 1 aromatic carbocycles. The number of carbonyl (C=O) groups excluding carboxylic acids is 1. The molecule has 0 aromatic heterocycles. The summed E-state index contributed by atoms with van der Waals surface area (Å²) >= 11 is 0. The van der Waals surface area contributed by atoms with Gasteiger partial charge in [-0.2, -0.15) is 0 Å². The third-order valence-electron chi connectivity index (χ3n) is 3.56. The summed E-state index contributed by atoms with van der Waals surface area (Å²) in [4.78, 5) is 15.8. The van der Waals surface area contributed by atoms with Crippen LogP contribution in [0.2, 0.25) is 0 Å². The lowest BCUT2D eigenvalue weighted by molar-refractivity contribution is -0.109. The lowest BCUT2D eigenvalue weighted by Gasteiger charge is -2.29. The van der Waals surface area contributed by atoms with E-state index in [2.05, 4.69) is 17.2 Å². The molecule has 2 unspecified atom stereocenters. The van der Waals surface area contributed by atoms with Crippen LogP contribution in [0.25, 0.3) is 0 Å². The number of benzene rings is 1. The van der Waals surface area contributed by atoms with Crippen LogP contribution in [0.5, 0.6) is 0 Å². The maximum Gasteiger partial charge on any atom is 0.147 e. The number of amidine groups is 1. The monoisotopic (exact) mass is 244 g/mol. The van der Waals surface area contributed by atoms with Crippen molar-refractivity contribution in [2.24, 2.45) is 4.99 Å². The van der Waals surface area contributed by atoms with Crippen molar-refractivity contribution < 1.29 is 4.79 Å². The Kier molecular flexibility index (Phi) is 3.80. The predicted molar refractivity (Wildman–Crippen MR) is 73.7 cm³/mol. The van der Waals surface area contributed by atoms with Gasteiger partial charge in [0.1, 0.15) is 12.3 Å². The fraction of sp³-hybridized carbons (Fsp3) is 0.467. The summed E-state index contributed by atoms with van der Waals surface area (Å²) in [5.74, 6) is 0.959. The summed E-state index contributed by atoms with van der Waals surface area (Å²) in [6.07, 6.45) is 4.10. The second-order valence-corrected chi connectivity index (χ2v) is 4.95. The lowest BCUT2D eigenvalue weighted by atomic mass is 9.86. The van der Waals surface area contributed by atoms with Crippen molar-refractivity contribution >= 4 is 12.1 Å². The fourth-order valence-electron chi connectivity index (χ4n) is 2.37. The normalized spacial score (nSPS) is 26.6.